The molecule has 5 rings (SSSR count). The highest BCUT2D eigenvalue weighted by Gasteiger charge is 2.21. The van der Waals surface area contributed by atoms with Crippen molar-refractivity contribution < 1.29 is 9.26 Å². The van der Waals surface area contributed by atoms with E-state index in [9.17, 15) is 0 Å². The fraction of sp³-hybridized carbons (Fsp3) is 0.261. The first-order chi connectivity index (χ1) is 15.4. The zero-order valence-corrected chi connectivity index (χ0v) is 19.5. The first kappa shape index (κ1) is 21.3. The number of halogens is 3. The predicted molar refractivity (Wildman–Crippen MR) is 126 cm³/mol. The van der Waals surface area contributed by atoms with Gasteiger partial charge in [0.15, 0.2) is 5.65 Å². The van der Waals surface area contributed by atoms with E-state index in [-0.39, 0.29) is 5.89 Å². The van der Waals surface area contributed by atoms with Crippen LogP contribution in [-0.4, -0.2) is 26.1 Å². The molecule has 0 radical (unpaired) electrons. The minimum Gasteiger partial charge on any atom is -0.492 e. The molecular weight excluding hydrogens is 471 g/mol. The van der Waals surface area contributed by atoms with Gasteiger partial charge in [-0.15, -0.1) is 0 Å². The number of hydrogen-bond acceptors (Lipinski definition) is 5. The van der Waals surface area contributed by atoms with Crippen LogP contribution in [0.4, 0.5) is 0 Å². The van der Waals surface area contributed by atoms with E-state index >= 15 is 0 Å². The maximum absolute atomic E-state index is 6.49. The number of fused-ring (bicyclic) bond motifs is 1. The van der Waals surface area contributed by atoms with Gasteiger partial charge in [0, 0.05) is 18.5 Å². The molecule has 3 aromatic heterocycles. The summed E-state index contributed by atoms with van der Waals surface area (Å²) < 4.78 is 13.2. The molecule has 3 heterocycles. The molecule has 0 spiro atoms. The van der Waals surface area contributed by atoms with Gasteiger partial charge in [-0.3, -0.25) is 0 Å². The zero-order valence-electron chi connectivity index (χ0n) is 17.2. The summed E-state index contributed by atoms with van der Waals surface area (Å²) in [4.78, 5) is 8.97. The summed E-state index contributed by atoms with van der Waals surface area (Å²) in [5.41, 5.74) is 3.96. The molecule has 0 N–H and O–H groups in total. The highest BCUT2D eigenvalue weighted by atomic mass is 35.5. The van der Waals surface area contributed by atoms with Crippen molar-refractivity contribution in [3.8, 4) is 28.7 Å². The van der Waals surface area contributed by atoms with Gasteiger partial charge in [-0.1, -0.05) is 52.1 Å². The van der Waals surface area contributed by atoms with Crippen LogP contribution >= 0.6 is 34.8 Å². The zero-order chi connectivity index (χ0) is 22.4. The molecule has 9 heteroatoms. The van der Waals surface area contributed by atoms with Crippen molar-refractivity contribution >= 4 is 40.4 Å². The molecule has 0 unspecified atom stereocenters. The second-order valence-electron chi connectivity index (χ2n) is 8.08. The van der Waals surface area contributed by atoms with Crippen molar-refractivity contribution in [2.75, 3.05) is 6.61 Å². The van der Waals surface area contributed by atoms with Crippen molar-refractivity contribution in [2.24, 2.45) is 5.92 Å². The number of rotatable bonds is 5. The molecule has 1 aliphatic carbocycles. The SMILES string of the molecule is C=C1CC[C@@H](COc2cc(Cl)c(-c3nc(-c4cn5cc(C)cc(Cl)c5n4)no3)cc2Cl)C1. The molecule has 1 fully saturated rings. The average molecular weight is 490 g/mol. The Labute approximate surface area is 199 Å². The van der Waals surface area contributed by atoms with Gasteiger partial charge in [0.2, 0.25) is 5.82 Å². The maximum Gasteiger partial charge on any atom is 0.259 e. The molecule has 164 valence electrons. The largest absolute Gasteiger partial charge is 0.492 e. The summed E-state index contributed by atoms with van der Waals surface area (Å²) in [5, 5.41) is 5.43. The first-order valence-corrected chi connectivity index (χ1v) is 11.3. The normalized spacial score (nSPS) is 16.2. The molecule has 6 nitrogen and oxygen atoms in total. The second-order valence-corrected chi connectivity index (χ2v) is 9.30. The second kappa shape index (κ2) is 8.43. The smallest absolute Gasteiger partial charge is 0.259 e. The Balaban J connectivity index is 1.39. The standard InChI is InChI=1S/C23H19Cl3N4O2/c1-12-3-4-14(5-12)11-31-20-8-16(24)15(7-17(20)25)23-28-21(29-32-23)19-10-30-9-13(2)6-18(26)22(30)27-19/h6-10,14H,1,3-5,11H2,2H3/t14-/m1/s1. The van der Waals surface area contributed by atoms with E-state index in [2.05, 4.69) is 21.7 Å². The number of nitrogens with zero attached hydrogens (tertiary/aromatic N) is 4. The predicted octanol–water partition coefficient (Wildman–Crippen LogP) is 7.06. The fourth-order valence-electron chi connectivity index (χ4n) is 3.91. The number of benzene rings is 1. The molecule has 4 aromatic rings. The first-order valence-electron chi connectivity index (χ1n) is 10.1. The summed E-state index contributed by atoms with van der Waals surface area (Å²) >= 11 is 19.2. The van der Waals surface area contributed by atoms with Crippen LogP contribution in [0.25, 0.3) is 28.6 Å². The Hall–Kier alpha value is -2.54. The lowest BCUT2D eigenvalue weighted by Crippen LogP contribution is -2.08. The average Bonchev–Trinajstić information content (AvgIpc) is 3.47. The molecular formula is C23H19Cl3N4O2. The Morgan fingerprint density at radius 3 is 2.75 bits per heavy atom. The number of aryl methyl sites for hydroxylation is 1. The van der Waals surface area contributed by atoms with Gasteiger partial charge in [-0.2, -0.15) is 4.98 Å². The van der Waals surface area contributed by atoms with Crippen LogP contribution in [0.3, 0.4) is 0 Å². The van der Waals surface area contributed by atoms with Gasteiger partial charge in [-0.05, 0) is 49.8 Å². The van der Waals surface area contributed by atoms with Crippen molar-refractivity contribution in [1.82, 2.24) is 19.5 Å². The number of aromatic nitrogens is 4. The number of hydrogen-bond donors (Lipinski definition) is 0. The topological polar surface area (TPSA) is 65.5 Å². The molecule has 1 atom stereocenters. The summed E-state index contributed by atoms with van der Waals surface area (Å²) in [6.45, 7) is 6.58. The Morgan fingerprint density at radius 1 is 1.12 bits per heavy atom. The third-order valence-electron chi connectivity index (χ3n) is 5.51. The van der Waals surface area contributed by atoms with Crippen LogP contribution in [-0.2, 0) is 0 Å². The molecule has 1 saturated carbocycles. The van der Waals surface area contributed by atoms with E-state index in [1.807, 2.05) is 23.6 Å². The van der Waals surface area contributed by atoms with E-state index in [4.69, 9.17) is 44.1 Å². The van der Waals surface area contributed by atoms with Crippen molar-refractivity contribution in [2.45, 2.75) is 26.2 Å². The Kier molecular flexibility index (Phi) is 5.61. The molecule has 1 aromatic carbocycles. The summed E-state index contributed by atoms with van der Waals surface area (Å²) in [5.74, 6) is 1.55. The third-order valence-corrected chi connectivity index (χ3v) is 6.39. The van der Waals surface area contributed by atoms with E-state index in [0.29, 0.717) is 56.1 Å². The maximum atomic E-state index is 6.49. The highest BCUT2D eigenvalue weighted by molar-refractivity contribution is 6.36. The lowest BCUT2D eigenvalue weighted by atomic mass is 10.1. The van der Waals surface area contributed by atoms with Crippen LogP contribution in [0, 0.1) is 12.8 Å². The minimum atomic E-state index is 0.241. The number of allylic oxidation sites excluding steroid dienone is 1. The van der Waals surface area contributed by atoms with Crippen LogP contribution in [0.15, 0.2) is 47.3 Å². The van der Waals surface area contributed by atoms with Gasteiger partial charge >= 0.3 is 0 Å². The lowest BCUT2D eigenvalue weighted by molar-refractivity contribution is 0.254. The van der Waals surface area contributed by atoms with Crippen molar-refractivity contribution in [3.63, 3.8) is 0 Å². The van der Waals surface area contributed by atoms with Crippen LogP contribution in [0.1, 0.15) is 24.8 Å². The lowest BCUT2D eigenvalue weighted by Gasteiger charge is -2.13. The van der Waals surface area contributed by atoms with Gasteiger partial charge in [0.1, 0.15) is 11.4 Å². The molecule has 1 aliphatic rings. The minimum absolute atomic E-state index is 0.241. The van der Waals surface area contributed by atoms with Crippen LogP contribution < -0.4 is 4.74 Å². The number of ether oxygens (including phenoxy) is 1. The Morgan fingerprint density at radius 2 is 1.97 bits per heavy atom. The summed E-state index contributed by atoms with van der Waals surface area (Å²) in [6.07, 6.45) is 6.85. The van der Waals surface area contributed by atoms with E-state index in [0.717, 1.165) is 24.8 Å². The molecule has 0 amide bonds. The summed E-state index contributed by atoms with van der Waals surface area (Å²) in [7, 11) is 0. The number of pyridine rings is 1. The van der Waals surface area contributed by atoms with Gasteiger partial charge in [0.25, 0.3) is 5.89 Å². The third kappa shape index (κ3) is 4.10. The fourth-order valence-corrected chi connectivity index (χ4v) is 4.67. The number of imidazole rings is 1. The quantitative estimate of drug-likeness (QED) is 0.281. The van der Waals surface area contributed by atoms with Crippen molar-refractivity contribution in [3.05, 3.63) is 63.4 Å². The molecule has 0 bridgehead atoms. The van der Waals surface area contributed by atoms with E-state index in [1.165, 1.54) is 5.57 Å². The monoisotopic (exact) mass is 488 g/mol. The molecule has 32 heavy (non-hydrogen) atoms. The Bertz CT molecular complexity index is 1340. The van der Waals surface area contributed by atoms with Crippen LogP contribution in [0.2, 0.25) is 15.1 Å². The van der Waals surface area contributed by atoms with Crippen molar-refractivity contribution in [1.29, 1.82) is 0 Å². The van der Waals surface area contributed by atoms with Gasteiger partial charge in [-0.25, -0.2) is 4.98 Å². The molecule has 0 aliphatic heterocycles. The van der Waals surface area contributed by atoms with E-state index < -0.39 is 0 Å². The van der Waals surface area contributed by atoms with E-state index in [1.54, 1.807) is 18.3 Å². The van der Waals surface area contributed by atoms with Gasteiger partial charge in [0.05, 0.1) is 27.2 Å². The summed E-state index contributed by atoms with van der Waals surface area (Å²) in [6, 6.07) is 5.21. The molecule has 0 saturated heterocycles. The highest BCUT2D eigenvalue weighted by Crippen LogP contribution is 2.38. The van der Waals surface area contributed by atoms with Gasteiger partial charge < -0.3 is 13.7 Å². The van der Waals surface area contributed by atoms with Crippen LogP contribution in [0.5, 0.6) is 5.75 Å².